The Labute approximate surface area is 90.3 Å². The van der Waals surface area contributed by atoms with Crippen molar-refractivity contribution >= 4 is 11.9 Å². The van der Waals surface area contributed by atoms with E-state index in [0.29, 0.717) is 6.54 Å². The van der Waals surface area contributed by atoms with Crippen molar-refractivity contribution in [2.75, 3.05) is 6.54 Å². The molecule has 15 heavy (non-hydrogen) atoms. The lowest BCUT2D eigenvalue weighted by Gasteiger charge is -2.36. The number of rotatable bonds is 3. The molecule has 0 aromatic rings. The lowest BCUT2D eigenvalue weighted by atomic mass is 9.81. The third kappa shape index (κ3) is 2.84. The molecule has 0 saturated heterocycles. The van der Waals surface area contributed by atoms with E-state index in [9.17, 15) is 4.79 Å². The molecular formula is C10H20N4O. The van der Waals surface area contributed by atoms with E-state index in [1.54, 1.807) is 0 Å². The topological polar surface area (TPSA) is 91.0 Å². The summed E-state index contributed by atoms with van der Waals surface area (Å²) in [6.07, 6.45) is 4.75. The number of urea groups is 1. The highest BCUT2D eigenvalue weighted by Crippen LogP contribution is 2.27. The normalized spacial score (nSPS) is 19.3. The average Bonchev–Trinajstić information content (AvgIpc) is 2.19. The van der Waals surface area contributed by atoms with Gasteiger partial charge in [0.15, 0.2) is 0 Å². The van der Waals surface area contributed by atoms with Crippen LogP contribution in [0.3, 0.4) is 0 Å². The van der Waals surface area contributed by atoms with Crippen molar-refractivity contribution in [3.05, 3.63) is 0 Å². The Balaban J connectivity index is 2.64. The molecule has 2 amide bonds. The monoisotopic (exact) mass is 212 g/mol. The quantitative estimate of drug-likeness (QED) is 0.414. The maximum absolute atomic E-state index is 11.4. The summed E-state index contributed by atoms with van der Waals surface area (Å²) >= 11 is 0. The highest BCUT2D eigenvalue weighted by molar-refractivity contribution is 5.91. The van der Waals surface area contributed by atoms with Gasteiger partial charge in [-0.3, -0.25) is 5.41 Å². The molecule has 0 radical (unpaired) electrons. The van der Waals surface area contributed by atoms with Crippen molar-refractivity contribution in [2.45, 2.75) is 44.6 Å². The van der Waals surface area contributed by atoms with Crippen molar-refractivity contribution in [1.29, 1.82) is 5.41 Å². The van der Waals surface area contributed by atoms with Gasteiger partial charge in [0.1, 0.15) is 5.84 Å². The molecule has 1 rings (SSSR count). The van der Waals surface area contributed by atoms with Crippen molar-refractivity contribution < 1.29 is 4.79 Å². The van der Waals surface area contributed by atoms with Gasteiger partial charge < -0.3 is 16.4 Å². The SMILES string of the molecule is CCNC(=O)NC1(C(=N)N)CCCCC1. The first kappa shape index (κ1) is 11.8. The van der Waals surface area contributed by atoms with Crippen LogP contribution < -0.4 is 16.4 Å². The second kappa shape index (κ2) is 5.00. The van der Waals surface area contributed by atoms with Gasteiger partial charge in [-0.25, -0.2) is 4.79 Å². The van der Waals surface area contributed by atoms with Gasteiger partial charge in [0.25, 0.3) is 0 Å². The van der Waals surface area contributed by atoms with Gasteiger partial charge in [0.05, 0.1) is 5.54 Å². The Morgan fingerprint density at radius 2 is 2.00 bits per heavy atom. The zero-order valence-corrected chi connectivity index (χ0v) is 9.23. The lowest BCUT2D eigenvalue weighted by molar-refractivity contribution is 0.224. The molecule has 5 N–H and O–H groups in total. The van der Waals surface area contributed by atoms with E-state index in [1.165, 1.54) is 0 Å². The largest absolute Gasteiger partial charge is 0.386 e. The van der Waals surface area contributed by atoms with E-state index in [1.807, 2.05) is 6.92 Å². The number of amides is 2. The molecule has 0 aliphatic heterocycles. The molecule has 1 fully saturated rings. The van der Waals surface area contributed by atoms with E-state index in [4.69, 9.17) is 11.1 Å². The predicted octanol–water partition coefficient (Wildman–Crippen LogP) is 0.944. The molecule has 5 heteroatoms. The summed E-state index contributed by atoms with van der Waals surface area (Å²) in [5.74, 6) is 0.0773. The van der Waals surface area contributed by atoms with Gasteiger partial charge in [0, 0.05) is 6.54 Å². The van der Waals surface area contributed by atoms with Gasteiger partial charge >= 0.3 is 6.03 Å². The first-order valence-corrected chi connectivity index (χ1v) is 5.51. The van der Waals surface area contributed by atoms with Crippen LogP contribution in [0.1, 0.15) is 39.0 Å². The first-order chi connectivity index (χ1) is 7.10. The third-order valence-corrected chi connectivity index (χ3v) is 2.91. The van der Waals surface area contributed by atoms with Gasteiger partial charge in [-0.05, 0) is 19.8 Å². The summed E-state index contributed by atoms with van der Waals surface area (Å²) in [4.78, 5) is 11.4. The van der Waals surface area contributed by atoms with Gasteiger partial charge in [-0.15, -0.1) is 0 Å². The number of hydrogen-bond donors (Lipinski definition) is 4. The molecule has 0 bridgehead atoms. The van der Waals surface area contributed by atoms with Crippen molar-refractivity contribution in [1.82, 2.24) is 10.6 Å². The van der Waals surface area contributed by atoms with Gasteiger partial charge in [-0.1, -0.05) is 19.3 Å². The Kier molecular flexibility index (Phi) is 3.94. The van der Waals surface area contributed by atoms with Crippen LogP contribution in [0.25, 0.3) is 0 Å². The van der Waals surface area contributed by atoms with Crippen molar-refractivity contribution in [2.24, 2.45) is 5.73 Å². The van der Waals surface area contributed by atoms with E-state index in [0.717, 1.165) is 32.1 Å². The Morgan fingerprint density at radius 1 is 1.40 bits per heavy atom. The number of amidine groups is 1. The van der Waals surface area contributed by atoms with Crippen molar-refractivity contribution in [3.8, 4) is 0 Å². The van der Waals surface area contributed by atoms with Crippen molar-refractivity contribution in [3.63, 3.8) is 0 Å². The van der Waals surface area contributed by atoms with Crippen LogP contribution >= 0.6 is 0 Å². The smallest absolute Gasteiger partial charge is 0.315 e. The Bertz CT molecular complexity index is 246. The third-order valence-electron chi connectivity index (χ3n) is 2.91. The summed E-state index contributed by atoms with van der Waals surface area (Å²) in [5, 5.41) is 13.1. The molecule has 1 saturated carbocycles. The highest BCUT2D eigenvalue weighted by atomic mass is 16.2. The summed E-state index contributed by atoms with van der Waals surface area (Å²) in [6, 6.07) is -0.227. The van der Waals surface area contributed by atoms with Crippen LogP contribution in [0, 0.1) is 5.41 Å². The zero-order chi connectivity index (χ0) is 11.3. The number of hydrogen-bond acceptors (Lipinski definition) is 2. The number of nitrogens with one attached hydrogen (secondary N) is 3. The minimum absolute atomic E-state index is 0.0773. The summed E-state index contributed by atoms with van der Waals surface area (Å²) in [5.41, 5.74) is 4.99. The molecule has 1 aliphatic carbocycles. The standard InChI is InChI=1S/C10H20N4O/c1-2-13-9(15)14-10(8(11)12)6-4-3-5-7-10/h2-7H2,1H3,(H3,11,12)(H2,13,14,15). The maximum atomic E-state index is 11.4. The zero-order valence-electron chi connectivity index (χ0n) is 9.23. The molecular weight excluding hydrogens is 192 g/mol. The lowest BCUT2D eigenvalue weighted by Crippen LogP contribution is -2.60. The number of carbonyl (C=O) groups is 1. The van der Waals surface area contributed by atoms with Gasteiger partial charge in [-0.2, -0.15) is 0 Å². The predicted molar refractivity (Wildman–Crippen MR) is 59.9 cm³/mol. The molecule has 0 spiro atoms. The molecule has 86 valence electrons. The molecule has 5 nitrogen and oxygen atoms in total. The fourth-order valence-electron chi connectivity index (χ4n) is 2.04. The molecule has 1 aliphatic rings. The molecule has 0 aromatic heterocycles. The van der Waals surface area contributed by atoms with Crippen LogP contribution in [0.15, 0.2) is 0 Å². The second-order valence-electron chi connectivity index (χ2n) is 4.04. The average molecular weight is 212 g/mol. The minimum atomic E-state index is -0.600. The van der Waals surface area contributed by atoms with E-state index in [2.05, 4.69) is 10.6 Å². The fourth-order valence-corrected chi connectivity index (χ4v) is 2.04. The number of nitrogens with two attached hydrogens (primary N) is 1. The van der Waals surface area contributed by atoms with E-state index in [-0.39, 0.29) is 11.9 Å². The summed E-state index contributed by atoms with van der Waals surface area (Å²) < 4.78 is 0. The van der Waals surface area contributed by atoms with E-state index >= 15 is 0 Å². The Morgan fingerprint density at radius 3 is 2.47 bits per heavy atom. The minimum Gasteiger partial charge on any atom is -0.386 e. The summed E-state index contributed by atoms with van der Waals surface area (Å²) in [7, 11) is 0. The second-order valence-corrected chi connectivity index (χ2v) is 4.04. The van der Waals surface area contributed by atoms with E-state index < -0.39 is 5.54 Å². The molecule has 0 heterocycles. The maximum Gasteiger partial charge on any atom is 0.315 e. The van der Waals surface area contributed by atoms with Crippen LogP contribution in [0.4, 0.5) is 4.79 Å². The van der Waals surface area contributed by atoms with Gasteiger partial charge in [0.2, 0.25) is 0 Å². The summed E-state index contributed by atoms with van der Waals surface area (Å²) in [6.45, 7) is 2.45. The molecule has 0 aromatic carbocycles. The molecule has 0 unspecified atom stereocenters. The van der Waals surface area contributed by atoms with Crippen LogP contribution in [0.5, 0.6) is 0 Å². The number of carbonyl (C=O) groups excluding carboxylic acids is 1. The van der Waals surface area contributed by atoms with Crippen LogP contribution in [0.2, 0.25) is 0 Å². The van der Waals surface area contributed by atoms with Crippen LogP contribution in [-0.4, -0.2) is 24.0 Å². The Hall–Kier alpha value is -1.26. The fraction of sp³-hybridized carbons (Fsp3) is 0.800. The first-order valence-electron chi connectivity index (χ1n) is 5.51. The molecule has 0 atom stereocenters. The van der Waals surface area contributed by atoms with Crippen LogP contribution in [-0.2, 0) is 0 Å². The highest BCUT2D eigenvalue weighted by Gasteiger charge is 2.36.